The van der Waals surface area contributed by atoms with Gasteiger partial charge in [0.25, 0.3) is 0 Å². The van der Waals surface area contributed by atoms with Gasteiger partial charge in [-0.1, -0.05) is 0 Å². The van der Waals surface area contributed by atoms with E-state index in [0.29, 0.717) is 19.6 Å². The standard InChI is InChI=1S/C9H18N4O2/c1-2-13-9(10-8-11-13)7-12(3-5-14)4-6-15/h8,14-15H,2-7H2,1H3. The van der Waals surface area contributed by atoms with Crippen LogP contribution in [-0.4, -0.2) is 56.2 Å². The molecule has 0 atom stereocenters. The molecule has 1 aromatic heterocycles. The lowest BCUT2D eigenvalue weighted by atomic mass is 10.4. The fourth-order valence-corrected chi connectivity index (χ4v) is 1.43. The first-order valence-corrected chi connectivity index (χ1v) is 5.12. The van der Waals surface area contributed by atoms with Crippen LogP contribution in [0.4, 0.5) is 0 Å². The summed E-state index contributed by atoms with van der Waals surface area (Å²) in [5.41, 5.74) is 0. The minimum absolute atomic E-state index is 0.0836. The topological polar surface area (TPSA) is 74.4 Å². The molecule has 1 heterocycles. The summed E-state index contributed by atoms with van der Waals surface area (Å²) < 4.78 is 1.81. The van der Waals surface area contributed by atoms with Gasteiger partial charge in [0.15, 0.2) is 0 Å². The summed E-state index contributed by atoms with van der Waals surface area (Å²) in [6.07, 6.45) is 1.52. The van der Waals surface area contributed by atoms with Crippen LogP contribution in [0.25, 0.3) is 0 Å². The number of nitrogens with zero attached hydrogens (tertiary/aromatic N) is 4. The van der Waals surface area contributed by atoms with E-state index in [1.165, 1.54) is 6.33 Å². The normalized spacial score (nSPS) is 11.2. The van der Waals surface area contributed by atoms with Crippen LogP contribution < -0.4 is 0 Å². The predicted molar refractivity (Wildman–Crippen MR) is 55.1 cm³/mol. The molecule has 6 nitrogen and oxygen atoms in total. The molecule has 0 amide bonds. The largest absolute Gasteiger partial charge is 0.395 e. The van der Waals surface area contributed by atoms with Crippen LogP contribution in [-0.2, 0) is 13.1 Å². The van der Waals surface area contributed by atoms with Crippen LogP contribution >= 0.6 is 0 Å². The molecule has 0 fully saturated rings. The van der Waals surface area contributed by atoms with E-state index in [-0.39, 0.29) is 13.2 Å². The molecule has 0 unspecified atom stereocenters. The molecule has 1 aromatic rings. The Bertz CT molecular complexity index is 271. The molecule has 2 N–H and O–H groups in total. The first-order valence-electron chi connectivity index (χ1n) is 5.12. The van der Waals surface area contributed by atoms with Crippen molar-refractivity contribution in [1.29, 1.82) is 0 Å². The van der Waals surface area contributed by atoms with Gasteiger partial charge in [-0.05, 0) is 6.92 Å². The van der Waals surface area contributed by atoms with E-state index in [9.17, 15) is 0 Å². The number of hydrogen-bond acceptors (Lipinski definition) is 5. The zero-order valence-electron chi connectivity index (χ0n) is 9.00. The first kappa shape index (κ1) is 12.1. The Morgan fingerprint density at radius 1 is 1.33 bits per heavy atom. The van der Waals surface area contributed by atoms with Crippen molar-refractivity contribution in [3.63, 3.8) is 0 Å². The molecule has 0 saturated heterocycles. The highest BCUT2D eigenvalue weighted by Crippen LogP contribution is 2.00. The van der Waals surface area contributed by atoms with Crippen LogP contribution in [0.2, 0.25) is 0 Å². The number of aryl methyl sites for hydroxylation is 1. The highest BCUT2D eigenvalue weighted by atomic mass is 16.3. The highest BCUT2D eigenvalue weighted by molar-refractivity contribution is 4.84. The van der Waals surface area contributed by atoms with Gasteiger partial charge in [-0.3, -0.25) is 4.90 Å². The number of aromatic nitrogens is 3. The van der Waals surface area contributed by atoms with Crippen molar-refractivity contribution in [1.82, 2.24) is 19.7 Å². The van der Waals surface area contributed by atoms with Gasteiger partial charge in [-0.25, -0.2) is 9.67 Å². The SMILES string of the molecule is CCn1ncnc1CN(CCO)CCO. The van der Waals surface area contributed by atoms with E-state index < -0.39 is 0 Å². The summed E-state index contributed by atoms with van der Waals surface area (Å²) >= 11 is 0. The Morgan fingerprint density at radius 3 is 2.53 bits per heavy atom. The summed E-state index contributed by atoms with van der Waals surface area (Å²) in [5, 5.41) is 21.8. The predicted octanol–water partition coefficient (Wildman–Crippen LogP) is -0.915. The molecule has 0 spiro atoms. The molecule has 0 bridgehead atoms. The second-order valence-corrected chi connectivity index (χ2v) is 3.22. The summed E-state index contributed by atoms with van der Waals surface area (Å²) in [6.45, 7) is 4.63. The third-order valence-corrected chi connectivity index (χ3v) is 2.19. The van der Waals surface area contributed by atoms with E-state index in [1.807, 2.05) is 16.5 Å². The first-order chi connectivity index (χ1) is 7.31. The Labute approximate surface area is 89.2 Å². The van der Waals surface area contributed by atoms with E-state index in [1.54, 1.807) is 0 Å². The zero-order valence-corrected chi connectivity index (χ0v) is 9.00. The number of aliphatic hydroxyl groups is 2. The van der Waals surface area contributed by atoms with Crippen molar-refractivity contribution in [2.24, 2.45) is 0 Å². The Balaban J connectivity index is 2.56. The fraction of sp³-hybridized carbons (Fsp3) is 0.778. The lowest BCUT2D eigenvalue weighted by molar-refractivity contribution is 0.152. The molecule has 15 heavy (non-hydrogen) atoms. The van der Waals surface area contributed by atoms with Gasteiger partial charge in [0.1, 0.15) is 12.2 Å². The van der Waals surface area contributed by atoms with E-state index in [4.69, 9.17) is 10.2 Å². The van der Waals surface area contributed by atoms with Gasteiger partial charge in [-0.15, -0.1) is 0 Å². The van der Waals surface area contributed by atoms with Crippen LogP contribution in [0.15, 0.2) is 6.33 Å². The van der Waals surface area contributed by atoms with Crippen LogP contribution in [0.1, 0.15) is 12.7 Å². The number of aliphatic hydroxyl groups excluding tert-OH is 2. The molecule has 0 aliphatic carbocycles. The van der Waals surface area contributed by atoms with Gasteiger partial charge in [0.05, 0.1) is 19.8 Å². The molecule has 6 heteroatoms. The Hall–Kier alpha value is -0.980. The van der Waals surface area contributed by atoms with Crippen molar-refractivity contribution < 1.29 is 10.2 Å². The summed E-state index contributed by atoms with van der Waals surface area (Å²) in [4.78, 5) is 6.08. The number of hydrogen-bond donors (Lipinski definition) is 2. The molecular formula is C9H18N4O2. The van der Waals surface area contributed by atoms with E-state index in [2.05, 4.69) is 10.1 Å². The molecule has 0 aromatic carbocycles. The van der Waals surface area contributed by atoms with Crippen molar-refractivity contribution in [3.8, 4) is 0 Å². The second-order valence-electron chi connectivity index (χ2n) is 3.22. The molecule has 0 radical (unpaired) electrons. The molecule has 1 rings (SSSR count). The van der Waals surface area contributed by atoms with Crippen LogP contribution in [0.3, 0.4) is 0 Å². The molecule has 0 aliphatic heterocycles. The minimum Gasteiger partial charge on any atom is -0.395 e. The lowest BCUT2D eigenvalue weighted by Gasteiger charge is -2.19. The highest BCUT2D eigenvalue weighted by Gasteiger charge is 2.09. The van der Waals surface area contributed by atoms with Gasteiger partial charge < -0.3 is 10.2 Å². The summed E-state index contributed by atoms with van der Waals surface area (Å²) in [5.74, 6) is 0.861. The van der Waals surface area contributed by atoms with Gasteiger partial charge in [0, 0.05) is 19.6 Å². The molecule has 86 valence electrons. The molecular weight excluding hydrogens is 196 g/mol. The minimum atomic E-state index is 0.0836. The van der Waals surface area contributed by atoms with Crippen molar-refractivity contribution in [3.05, 3.63) is 12.2 Å². The lowest BCUT2D eigenvalue weighted by Crippen LogP contribution is -2.30. The third kappa shape index (κ3) is 3.58. The van der Waals surface area contributed by atoms with Gasteiger partial charge >= 0.3 is 0 Å². The molecule has 0 saturated carbocycles. The smallest absolute Gasteiger partial charge is 0.140 e. The van der Waals surface area contributed by atoms with Gasteiger partial charge in [-0.2, -0.15) is 5.10 Å². The second kappa shape index (κ2) is 6.49. The maximum Gasteiger partial charge on any atom is 0.140 e. The number of rotatable bonds is 7. The monoisotopic (exact) mass is 214 g/mol. The maximum absolute atomic E-state index is 8.85. The maximum atomic E-state index is 8.85. The van der Waals surface area contributed by atoms with E-state index in [0.717, 1.165) is 12.4 Å². The van der Waals surface area contributed by atoms with Crippen molar-refractivity contribution in [2.45, 2.75) is 20.0 Å². The van der Waals surface area contributed by atoms with Crippen LogP contribution in [0, 0.1) is 0 Å². The van der Waals surface area contributed by atoms with Gasteiger partial charge in [0.2, 0.25) is 0 Å². The fourth-order valence-electron chi connectivity index (χ4n) is 1.43. The summed E-state index contributed by atoms with van der Waals surface area (Å²) in [7, 11) is 0. The Kier molecular flexibility index (Phi) is 5.23. The van der Waals surface area contributed by atoms with E-state index >= 15 is 0 Å². The van der Waals surface area contributed by atoms with Crippen molar-refractivity contribution in [2.75, 3.05) is 26.3 Å². The quantitative estimate of drug-likeness (QED) is 0.614. The van der Waals surface area contributed by atoms with Crippen molar-refractivity contribution >= 4 is 0 Å². The van der Waals surface area contributed by atoms with Crippen LogP contribution in [0.5, 0.6) is 0 Å². The third-order valence-electron chi connectivity index (χ3n) is 2.19. The zero-order chi connectivity index (χ0) is 11.1. The summed E-state index contributed by atoms with van der Waals surface area (Å²) in [6, 6.07) is 0. The average molecular weight is 214 g/mol. The Morgan fingerprint density at radius 2 is 2.00 bits per heavy atom. The average Bonchev–Trinajstić information content (AvgIpc) is 2.66. The molecule has 0 aliphatic rings.